The average Bonchev–Trinajstić information content (AvgIpc) is 2.52. The molecule has 0 spiro atoms. The molecule has 0 radical (unpaired) electrons. The van der Waals surface area contributed by atoms with Gasteiger partial charge in [-0.3, -0.25) is 0 Å². The lowest BCUT2D eigenvalue weighted by atomic mass is 9.95. The predicted octanol–water partition coefficient (Wildman–Crippen LogP) is 3.35. The van der Waals surface area contributed by atoms with Gasteiger partial charge in [-0.25, -0.2) is 4.79 Å². The molecule has 2 heterocycles. The second-order valence-electron chi connectivity index (χ2n) is 8.29. The van der Waals surface area contributed by atoms with Crippen LogP contribution in [0.3, 0.4) is 0 Å². The number of nitrogens with zero attached hydrogens (tertiary/aromatic N) is 1. The first kappa shape index (κ1) is 19.3. The van der Waals surface area contributed by atoms with E-state index < -0.39 is 5.60 Å². The second kappa shape index (κ2) is 8.34. The first-order valence-corrected chi connectivity index (χ1v) is 9.25. The molecule has 1 N–H and O–H groups in total. The van der Waals surface area contributed by atoms with Crippen LogP contribution in [0.1, 0.15) is 53.9 Å². The van der Waals surface area contributed by atoms with Crippen LogP contribution in [0.2, 0.25) is 0 Å². The van der Waals surface area contributed by atoms with E-state index in [-0.39, 0.29) is 6.09 Å². The fraction of sp³-hybridized carbons (Fsp3) is 0.842. The lowest BCUT2D eigenvalue weighted by Crippen LogP contribution is -2.43. The molecular formula is C19H34N2O3. The van der Waals surface area contributed by atoms with Gasteiger partial charge in [0.15, 0.2) is 0 Å². The van der Waals surface area contributed by atoms with Gasteiger partial charge in [0.25, 0.3) is 0 Å². The van der Waals surface area contributed by atoms with Gasteiger partial charge >= 0.3 is 6.09 Å². The molecule has 0 bridgehead atoms. The Hall–Kier alpha value is -1.07. The van der Waals surface area contributed by atoms with Crippen molar-refractivity contribution in [3.05, 3.63) is 11.6 Å². The van der Waals surface area contributed by atoms with Crippen molar-refractivity contribution in [1.29, 1.82) is 0 Å². The zero-order valence-electron chi connectivity index (χ0n) is 15.9. The highest BCUT2D eigenvalue weighted by atomic mass is 16.6. The Morgan fingerprint density at radius 2 is 2.21 bits per heavy atom. The number of nitrogens with one attached hydrogen (secondary N) is 1. The van der Waals surface area contributed by atoms with Crippen molar-refractivity contribution in [3.8, 4) is 0 Å². The van der Waals surface area contributed by atoms with Gasteiger partial charge in [0.1, 0.15) is 5.60 Å². The van der Waals surface area contributed by atoms with Crippen molar-refractivity contribution in [3.63, 3.8) is 0 Å². The van der Waals surface area contributed by atoms with Crippen LogP contribution in [0.25, 0.3) is 0 Å². The summed E-state index contributed by atoms with van der Waals surface area (Å²) in [4.78, 5) is 13.8. The molecule has 24 heavy (non-hydrogen) atoms. The van der Waals surface area contributed by atoms with Crippen LogP contribution in [0.4, 0.5) is 4.79 Å². The molecule has 0 aromatic rings. The molecule has 2 atom stereocenters. The molecule has 2 unspecified atom stereocenters. The molecule has 1 fully saturated rings. The molecule has 1 amide bonds. The summed E-state index contributed by atoms with van der Waals surface area (Å²) < 4.78 is 11.3. The normalized spacial score (nSPS) is 25.6. The summed E-state index contributed by atoms with van der Waals surface area (Å²) in [6.07, 6.45) is 5.42. The predicted molar refractivity (Wildman–Crippen MR) is 96.1 cm³/mol. The van der Waals surface area contributed by atoms with Crippen LogP contribution < -0.4 is 5.32 Å². The number of amides is 1. The van der Waals surface area contributed by atoms with Crippen LogP contribution in [0.5, 0.6) is 0 Å². The molecule has 2 aliphatic rings. The quantitative estimate of drug-likeness (QED) is 0.799. The van der Waals surface area contributed by atoms with E-state index in [1.165, 1.54) is 5.57 Å². The summed E-state index contributed by atoms with van der Waals surface area (Å²) in [5.74, 6) is 0.575. The Labute approximate surface area is 146 Å². The summed E-state index contributed by atoms with van der Waals surface area (Å²) in [5, 5.41) is 3.68. The van der Waals surface area contributed by atoms with Gasteiger partial charge in [0.2, 0.25) is 0 Å². The third kappa shape index (κ3) is 6.10. The van der Waals surface area contributed by atoms with E-state index in [0.29, 0.717) is 24.6 Å². The van der Waals surface area contributed by atoms with Crippen LogP contribution in [-0.4, -0.2) is 55.0 Å². The zero-order chi connectivity index (χ0) is 17.7. The summed E-state index contributed by atoms with van der Waals surface area (Å²) in [7, 11) is 0. The van der Waals surface area contributed by atoms with Gasteiger partial charge in [-0.15, -0.1) is 0 Å². The van der Waals surface area contributed by atoms with Crippen LogP contribution in [0, 0.1) is 5.92 Å². The average molecular weight is 338 g/mol. The van der Waals surface area contributed by atoms with E-state index in [1.807, 2.05) is 20.8 Å². The van der Waals surface area contributed by atoms with E-state index >= 15 is 0 Å². The number of hydrogen-bond acceptors (Lipinski definition) is 4. The highest BCUT2D eigenvalue weighted by molar-refractivity contribution is 5.68. The van der Waals surface area contributed by atoms with Crippen molar-refractivity contribution in [2.45, 2.75) is 71.6 Å². The van der Waals surface area contributed by atoms with Gasteiger partial charge in [-0.05, 0) is 46.0 Å². The Bertz CT molecular complexity index is 454. The standard InChI is InChI=1S/C19H34N2O3/c1-14(2)17-12-16(8-11-23-17)20-13-15-6-9-21(10-7-15)18(22)24-19(3,4)5/h6,14,16-17,20H,7-13H2,1-5H3. The summed E-state index contributed by atoms with van der Waals surface area (Å²) in [5.41, 5.74) is 0.959. The number of carbonyl (C=O) groups excluding carboxylic acids is 1. The third-order valence-corrected chi connectivity index (χ3v) is 4.63. The van der Waals surface area contributed by atoms with Crippen molar-refractivity contribution >= 4 is 6.09 Å². The molecule has 0 aromatic heterocycles. The van der Waals surface area contributed by atoms with Gasteiger partial charge in [0, 0.05) is 32.3 Å². The monoisotopic (exact) mass is 338 g/mol. The second-order valence-corrected chi connectivity index (χ2v) is 8.29. The first-order chi connectivity index (χ1) is 11.2. The molecule has 5 heteroatoms. The number of rotatable bonds is 4. The fourth-order valence-electron chi connectivity index (χ4n) is 3.12. The van der Waals surface area contributed by atoms with Gasteiger partial charge in [0.05, 0.1) is 6.10 Å². The van der Waals surface area contributed by atoms with Crippen molar-refractivity contribution in [2.24, 2.45) is 5.92 Å². The Morgan fingerprint density at radius 1 is 1.46 bits per heavy atom. The first-order valence-electron chi connectivity index (χ1n) is 9.25. The molecule has 0 aliphatic carbocycles. The van der Waals surface area contributed by atoms with Gasteiger partial charge in [-0.1, -0.05) is 25.5 Å². The van der Waals surface area contributed by atoms with Crippen molar-refractivity contribution < 1.29 is 14.3 Å². The van der Waals surface area contributed by atoms with E-state index in [9.17, 15) is 4.79 Å². The minimum atomic E-state index is -0.432. The van der Waals surface area contributed by atoms with E-state index in [2.05, 4.69) is 25.2 Å². The minimum absolute atomic E-state index is 0.213. The highest BCUT2D eigenvalue weighted by Crippen LogP contribution is 2.21. The lowest BCUT2D eigenvalue weighted by molar-refractivity contribution is -0.0239. The summed E-state index contributed by atoms with van der Waals surface area (Å²) in [6.45, 7) is 13.3. The van der Waals surface area contributed by atoms with Crippen LogP contribution in [-0.2, 0) is 9.47 Å². The molecule has 5 nitrogen and oxygen atoms in total. The summed E-state index contributed by atoms with van der Waals surface area (Å²) >= 11 is 0. The highest BCUT2D eigenvalue weighted by Gasteiger charge is 2.26. The summed E-state index contributed by atoms with van der Waals surface area (Å²) in [6, 6.07) is 0.538. The topological polar surface area (TPSA) is 50.8 Å². The maximum atomic E-state index is 12.1. The molecule has 0 saturated carbocycles. The number of hydrogen-bond donors (Lipinski definition) is 1. The minimum Gasteiger partial charge on any atom is -0.444 e. The zero-order valence-corrected chi connectivity index (χ0v) is 15.9. The van der Waals surface area contributed by atoms with E-state index in [0.717, 1.165) is 39.0 Å². The van der Waals surface area contributed by atoms with Crippen LogP contribution in [0.15, 0.2) is 11.6 Å². The molecule has 2 aliphatic heterocycles. The van der Waals surface area contributed by atoms with E-state index in [4.69, 9.17) is 9.47 Å². The largest absolute Gasteiger partial charge is 0.444 e. The Balaban J connectivity index is 1.74. The van der Waals surface area contributed by atoms with E-state index in [1.54, 1.807) is 4.90 Å². The fourth-order valence-corrected chi connectivity index (χ4v) is 3.12. The molecule has 138 valence electrons. The molecule has 1 saturated heterocycles. The molecular weight excluding hydrogens is 304 g/mol. The number of ether oxygens (including phenoxy) is 2. The molecule has 2 rings (SSSR count). The number of carbonyl (C=O) groups is 1. The Morgan fingerprint density at radius 3 is 2.79 bits per heavy atom. The molecule has 0 aromatic carbocycles. The maximum Gasteiger partial charge on any atom is 0.410 e. The SMILES string of the molecule is CC(C)C1CC(NCC2=CCN(C(=O)OC(C)(C)C)CC2)CCO1. The van der Waals surface area contributed by atoms with Gasteiger partial charge < -0.3 is 19.7 Å². The third-order valence-electron chi connectivity index (χ3n) is 4.63. The van der Waals surface area contributed by atoms with Crippen LogP contribution >= 0.6 is 0 Å². The smallest absolute Gasteiger partial charge is 0.410 e. The van der Waals surface area contributed by atoms with Crippen molar-refractivity contribution in [1.82, 2.24) is 10.2 Å². The maximum absolute atomic E-state index is 12.1. The Kier molecular flexibility index (Phi) is 6.70. The van der Waals surface area contributed by atoms with Gasteiger partial charge in [-0.2, -0.15) is 0 Å². The lowest BCUT2D eigenvalue weighted by Gasteiger charge is -2.33. The van der Waals surface area contributed by atoms with Crippen molar-refractivity contribution in [2.75, 3.05) is 26.2 Å².